The average molecular weight is 499 g/mol. The molecule has 12 nitrogen and oxygen atoms in total. The van der Waals surface area contributed by atoms with E-state index in [9.17, 15) is 24.1 Å². The van der Waals surface area contributed by atoms with Gasteiger partial charge >= 0.3 is 19.7 Å². The molecule has 0 aliphatic heterocycles. The van der Waals surface area contributed by atoms with E-state index in [-0.39, 0.29) is 18.7 Å². The Morgan fingerprint density at radius 2 is 1.79 bits per heavy atom. The first-order valence-corrected chi connectivity index (χ1v) is 11.7. The molecule has 0 aliphatic carbocycles. The second-order valence-corrected chi connectivity index (χ2v) is 9.57. The highest BCUT2D eigenvalue weighted by Crippen LogP contribution is 2.46. The maximum absolute atomic E-state index is 13.4. The highest BCUT2D eigenvalue weighted by Gasteiger charge is 2.39. The fourth-order valence-electron chi connectivity index (χ4n) is 2.46. The smallest absolute Gasteiger partial charge is 0.459 e. The van der Waals surface area contributed by atoms with Crippen molar-refractivity contribution < 1.29 is 42.6 Å². The van der Waals surface area contributed by atoms with Gasteiger partial charge in [0.2, 0.25) is 5.91 Å². The lowest BCUT2D eigenvalue weighted by atomic mass is 9.87. The highest BCUT2D eigenvalue weighted by atomic mass is 31.2. The van der Waals surface area contributed by atoms with Crippen molar-refractivity contribution in [2.45, 2.75) is 39.3 Å². The number of hydrogen-bond donors (Lipinski definition) is 3. The van der Waals surface area contributed by atoms with Crippen LogP contribution in [0.3, 0.4) is 0 Å². The Hall–Kier alpha value is -2.97. The van der Waals surface area contributed by atoms with Crippen molar-refractivity contribution in [2.24, 2.45) is 5.41 Å². The Labute approximate surface area is 198 Å². The predicted molar refractivity (Wildman–Crippen MR) is 119 cm³/mol. The van der Waals surface area contributed by atoms with Gasteiger partial charge in [0.25, 0.3) is 0 Å². The summed E-state index contributed by atoms with van der Waals surface area (Å²) < 4.78 is 33.5. The molecule has 0 saturated heterocycles. The van der Waals surface area contributed by atoms with Gasteiger partial charge in [-0.15, -0.1) is 0 Å². The van der Waals surface area contributed by atoms with Crippen molar-refractivity contribution in [3.05, 3.63) is 29.8 Å². The molecule has 34 heavy (non-hydrogen) atoms. The van der Waals surface area contributed by atoms with Gasteiger partial charge in [-0.3, -0.25) is 18.9 Å². The summed E-state index contributed by atoms with van der Waals surface area (Å²) in [5, 5.41) is 24.2. The molecule has 3 unspecified atom stereocenters. The fraction of sp³-hybridized carbons (Fsp3) is 0.524. The second kappa shape index (κ2) is 13.1. The number of nitrogens with zero attached hydrogens (tertiary/aromatic N) is 1. The van der Waals surface area contributed by atoms with Crippen LogP contribution in [0.5, 0.6) is 5.75 Å². The van der Waals surface area contributed by atoms with E-state index in [2.05, 4.69) is 19.9 Å². The number of methoxy groups -OCH3 is 2. The largest absolute Gasteiger partial charge is 0.469 e. The van der Waals surface area contributed by atoms with Crippen LogP contribution in [0.1, 0.15) is 32.8 Å². The summed E-state index contributed by atoms with van der Waals surface area (Å²) in [6, 6.07) is 6.53. The Morgan fingerprint density at radius 3 is 2.32 bits per heavy atom. The summed E-state index contributed by atoms with van der Waals surface area (Å²) in [5.41, 5.74) is -0.906. The van der Waals surface area contributed by atoms with Crippen molar-refractivity contribution in [2.75, 3.05) is 27.4 Å². The number of hydrogen-bond acceptors (Lipinski definition) is 10. The molecule has 0 bridgehead atoms. The summed E-state index contributed by atoms with van der Waals surface area (Å²) in [7, 11) is -1.86. The molecule has 1 aromatic carbocycles. The van der Waals surface area contributed by atoms with E-state index < -0.39 is 49.8 Å². The van der Waals surface area contributed by atoms with E-state index in [1.165, 1.54) is 52.1 Å². The van der Waals surface area contributed by atoms with E-state index in [0.29, 0.717) is 5.56 Å². The standard InChI is InChI=1S/C21H30N3O9P/c1-14(20(28)31-5)24-34(29,33-16-8-6-15(12-22)7-9-16)32-13-21(2,3)18(26)19(27)23-11-10-17(25)30-4/h6-9,14,18,26H,10-11,13H2,1-5H3,(H,23,27)(H,24,29). The Morgan fingerprint density at radius 1 is 1.18 bits per heavy atom. The lowest BCUT2D eigenvalue weighted by Crippen LogP contribution is -2.46. The van der Waals surface area contributed by atoms with Gasteiger partial charge in [-0.1, -0.05) is 13.8 Å². The molecule has 0 spiro atoms. The molecule has 0 saturated carbocycles. The van der Waals surface area contributed by atoms with Crippen LogP contribution in [-0.2, 0) is 32.9 Å². The zero-order valence-electron chi connectivity index (χ0n) is 19.7. The zero-order chi connectivity index (χ0) is 25.9. The van der Waals surface area contributed by atoms with E-state index in [4.69, 9.17) is 14.3 Å². The van der Waals surface area contributed by atoms with Crippen molar-refractivity contribution in [1.82, 2.24) is 10.4 Å². The molecule has 0 aromatic heterocycles. The van der Waals surface area contributed by atoms with E-state index in [0.717, 1.165) is 7.11 Å². The van der Waals surface area contributed by atoms with Crippen molar-refractivity contribution in [3.63, 3.8) is 0 Å². The first-order chi connectivity index (χ1) is 15.9. The number of nitrogens with one attached hydrogen (secondary N) is 2. The van der Waals surface area contributed by atoms with Crippen LogP contribution in [0, 0.1) is 16.7 Å². The van der Waals surface area contributed by atoms with Crippen LogP contribution in [0.25, 0.3) is 0 Å². The van der Waals surface area contributed by atoms with Crippen LogP contribution >= 0.6 is 7.75 Å². The SMILES string of the molecule is COC(=O)CCNC(=O)C(O)C(C)(C)COP(=O)(NC(C)C(=O)OC)Oc1ccc(C#N)cc1. The number of carbonyl (C=O) groups is 3. The molecule has 3 N–H and O–H groups in total. The number of amides is 1. The van der Waals surface area contributed by atoms with Gasteiger partial charge in [0.05, 0.1) is 38.9 Å². The number of carbonyl (C=O) groups excluding carboxylic acids is 3. The first kappa shape index (κ1) is 29.1. The Kier molecular flexibility index (Phi) is 11.2. The number of benzene rings is 1. The molecule has 0 aliphatic rings. The Bertz CT molecular complexity index is 944. The van der Waals surface area contributed by atoms with Gasteiger partial charge in [-0.05, 0) is 31.2 Å². The lowest BCUT2D eigenvalue weighted by Gasteiger charge is -2.31. The van der Waals surface area contributed by atoms with Crippen LogP contribution in [-0.4, -0.2) is 62.5 Å². The topological polar surface area (TPSA) is 173 Å². The molecule has 1 rings (SSSR count). The molecule has 13 heteroatoms. The normalized spacial score (nSPS) is 14.6. The maximum Gasteiger partial charge on any atom is 0.459 e. The summed E-state index contributed by atoms with van der Waals surface area (Å²) in [4.78, 5) is 35.2. The third-order valence-electron chi connectivity index (χ3n) is 4.57. The van der Waals surface area contributed by atoms with E-state index in [1.807, 2.05) is 6.07 Å². The molecule has 0 heterocycles. The minimum Gasteiger partial charge on any atom is -0.469 e. The van der Waals surface area contributed by atoms with Gasteiger partial charge in [0, 0.05) is 12.0 Å². The third-order valence-corrected chi connectivity index (χ3v) is 6.19. The fourth-order valence-corrected chi connectivity index (χ4v) is 4.12. The third kappa shape index (κ3) is 9.11. The molecule has 1 aromatic rings. The van der Waals surface area contributed by atoms with Crippen molar-refractivity contribution in [1.29, 1.82) is 5.26 Å². The zero-order valence-corrected chi connectivity index (χ0v) is 20.6. The van der Waals surface area contributed by atoms with Gasteiger partial charge in [-0.2, -0.15) is 10.3 Å². The Balaban J connectivity index is 2.94. The highest BCUT2D eigenvalue weighted by molar-refractivity contribution is 7.52. The molecular weight excluding hydrogens is 469 g/mol. The number of aliphatic hydroxyl groups excluding tert-OH is 1. The molecule has 188 valence electrons. The number of nitriles is 1. The van der Waals surface area contributed by atoms with Gasteiger partial charge in [0.1, 0.15) is 17.9 Å². The van der Waals surface area contributed by atoms with Gasteiger partial charge in [0.15, 0.2) is 0 Å². The summed E-state index contributed by atoms with van der Waals surface area (Å²) in [6.07, 6.45) is -1.67. The van der Waals surface area contributed by atoms with Crippen molar-refractivity contribution >= 4 is 25.6 Å². The molecule has 1 amide bonds. The number of aliphatic hydroxyl groups is 1. The van der Waals surface area contributed by atoms with Gasteiger partial charge < -0.3 is 24.4 Å². The number of esters is 2. The van der Waals surface area contributed by atoms with Crippen LogP contribution in [0.4, 0.5) is 0 Å². The first-order valence-electron chi connectivity index (χ1n) is 10.2. The molecule has 3 atom stereocenters. The predicted octanol–water partition coefficient (Wildman–Crippen LogP) is 1.28. The van der Waals surface area contributed by atoms with Crippen molar-refractivity contribution in [3.8, 4) is 11.8 Å². The summed E-state index contributed by atoms with van der Waals surface area (Å²) >= 11 is 0. The van der Waals surface area contributed by atoms with E-state index in [1.54, 1.807) is 0 Å². The second-order valence-electron chi connectivity index (χ2n) is 7.88. The summed E-state index contributed by atoms with van der Waals surface area (Å²) in [5.74, 6) is -1.93. The maximum atomic E-state index is 13.4. The minimum absolute atomic E-state index is 0.0437. The van der Waals surface area contributed by atoms with E-state index >= 15 is 0 Å². The van der Waals surface area contributed by atoms with Crippen LogP contribution < -0.4 is 14.9 Å². The molecule has 0 radical (unpaired) electrons. The average Bonchev–Trinajstić information content (AvgIpc) is 2.81. The van der Waals surface area contributed by atoms with Gasteiger partial charge in [-0.25, -0.2) is 4.57 Å². The number of rotatable bonds is 13. The quantitative estimate of drug-likeness (QED) is 0.263. The number of ether oxygens (including phenoxy) is 2. The lowest BCUT2D eigenvalue weighted by molar-refractivity contribution is -0.142. The molecule has 0 fully saturated rings. The van der Waals surface area contributed by atoms with Crippen LogP contribution in [0.2, 0.25) is 0 Å². The summed E-state index contributed by atoms with van der Waals surface area (Å²) in [6.45, 7) is 3.91. The molecular formula is C21H30N3O9P. The monoisotopic (exact) mass is 499 g/mol. The van der Waals surface area contributed by atoms with Crippen LogP contribution in [0.15, 0.2) is 24.3 Å². The minimum atomic E-state index is -4.23.